The monoisotopic (exact) mass is 372 g/mol. The Morgan fingerprint density at radius 3 is 2.45 bits per heavy atom. The van der Waals surface area contributed by atoms with Crippen LogP contribution in [0.4, 0.5) is 0 Å². The fourth-order valence-electron chi connectivity index (χ4n) is 1.58. The van der Waals surface area contributed by atoms with Crippen LogP contribution in [-0.2, 0) is 16.1 Å². The molecule has 0 spiro atoms. The Morgan fingerprint density at radius 2 is 1.80 bits per heavy atom. The summed E-state index contributed by atoms with van der Waals surface area (Å²) in [5, 5.41) is 0.751. The first-order valence-corrected chi connectivity index (χ1v) is 7.96. The summed E-state index contributed by atoms with van der Waals surface area (Å²) in [6.45, 7) is 0.827. The summed E-state index contributed by atoms with van der Waals surface area (Å²) >= 11 is 11.1. The van der Waals surface area contributed by atoms with E-state index in [0.29, 0.717) is 13.4 Å². The number of benzene rings is 2. The Bertz CT molecular complexity index is 560. The Morgan fingerprint density at radius 1 is 1.10 bits per heavy atom. The first-order valence-electron chi connectivity index (χ1n) is 5.97. The summed E-state index contributed by atoms with van der Waals surface area (Å²) in [6, 6.07) is 14.0. The van der Waals surface area contributed by atoms with E-state index in [0.717, 1.165) is 24.8 Å². The van der Waals surface area contributed by atoms with Crippen LogP contribution in [0.5, 0.6) is 0 Å². The maximum atomic E-state index is 5.88. The van der Waals surface area contributed by atoms with E-state index in [1.54, 1.807) is 18.9 Å². The zero-order valence-electron chi connectivity index (χ0n) is 10.9. The molecule has 0 fully saturated rings. The molecule has 2 rings (SSSR count). The molecule has 0 atom stereocenters. The Hall–Kier alpha value is -0.520. The lowest BCUT2D eigenvalue weighted by molar-refractivity contribution is -0.0392. The van der Waals surface area contributed by atoms with Crippen molar-refractivity contribution in [3.05, 3.63) is 57.5 Å². The van der Waals surface area contributed by atoms with E-state index in [9.17, 15) is 0 Å². The number of hydrogen-bond donors (Lipinski definition) is 0. The van der Waals surface area contributed by atoms with E-state index in [1.807, 2.05) is 24.3 Å². The molecule has 106 valence electrons. The van der Waals surface area contributed by atoms with Gasteiger partial charge in [0.1, 0.15) is 6.79 Å². The van der Waals surface area contributed by atoms with Gasteiger partial charge in [-0.05, 0) is 42.0 Å². The highest BCUT2D eigenvalue weighted by Crippen LogP contribution is 2.31. The lowest BCUT2D eigenvalue weighted by atomic mass is 10.2. The molecule has 0 aliphatic heterocycles. The maximum Gasteiger partial charge on any atom is 0.146 e. The van der Waals surface area contributed by atoms with E-state index in [-0.39, 0.29) is 0 Å². The summed E-state index contributed by atoms with van der Waals surface area (Å²) in [5.74, 6) is 0. The van der Waals surface area contributed by atoms with Crippen molar-refractivity contribution in [2.24, 2.45) is 0 Å². The van der Waals surface area contributed by atoms with E-state index < -0.39 is 0 Å². The standard InChI is InChI=1S/C15H14BrClO2S/c1-18-10-19-9-11-2-5-14(8-15(11)16)20-13-6-3-12(17)4-7-13/h2-8H,9-10H2,1H3. The highest BCUT2D eigenvalue weighted by molar-refractivity contribution is 9.10. The van der Waals surface area contributed by atoms with Crippen LogP contribution in [0.3, 0.4) is 0 Å². The van der Waals surface area contributed by atoms with Crippen molar-refractivity contribution in [1.29, 1.82) is 0 Å². The molecule has 20 heavy (non-hydrogen) atoms. The summed E-state index contributed by atoms with van der Waals surface area (Å²) < 4.78 is 11.2. The molecule has 0 aliphatic rings. The second-order valence-electron chi connectivity index (χ2n) is 4.06. The molecule has 2 nitrogen and oxygen atoms in total. The van der Waals surface area contributed by atoms with Gasteiger partial charge in [-0.3, -0.25) is 0 Å². The average Bonchev–Trinajstić information content (AvgIpc) is 2.44. The van der Waals surface area contributed by atoms with Crippen molar-refractivity contribution in [2.75, 3.05) is 13.9 Å². The van der Waals surface area contributed by atoms with Gasteiger partial charge in [0.05, 0.1) is 6.61 Å². The van der Waals surface area contributed by atoms with Crippen molar-refractivity contribution in [2.45, 2.75) is 16.4 Å². The first kappa shape index (κ1) is 15.9. The van der Waals surface area contributed by atoms with Gasteiger partial charge in [-0.25, -0.2) is 0 Å². The molecule has 2 aromatic rings. The summed E-state index contributed by atoms with van der Waals surface area (Å²) in [6.07, 6.45) is 0. The van der Waals surface area contributed by atoms with Crippen LogP contribution in [0, 0.1) is 0 Å². The molecule has 2 aromatic carbocycles. The number of rotatable bonds is 6. The highest BCUT2D eigenvalue weighted by Gasteiger charge is 2.04. The molecule has 0 N–H and O–H groups in total. The van der Waals surface area contributed by atoms with Gasteiger partial charge in [-0.2, -0.15) is 0 Å². The number of halogens is 2. The molecule has 0 heterocycles. The van der Waals surface area contributed by atoms with Gasteiger partial charge >= 0.3 is 0 Å². The third-order valence-electron chi connectivity index (χ3n) is 2.53. The largest absolute Gasteiger partial charge is 0.359 e. The molecule has 0 bridgehead atoms. The summed E-state index contributed by atoms with van der Waals surface area (Å²) in [5.41, 5.74) is 1.10. The van der Waals surface area contributed by atoms with Crippen LogP contribution in [0.1, 0.15) is 5.56 Å². The van der Waals surface area contributed by atoms with Gasteiger partial charge in [0.15, 0.2) is 0 Å². The minimum Gasteiger partial charge on any atom is -0.359 e. The van der Waals surface area contributed by atoms with Crippen LogP contribution >= 0.6 is 39.3 Å². The highest BCUT2D eigenvalue weighted by atomic mass is 79.9. The van der Waals surface area contributed by atoms with Gasteiger partial charge in [0.25, 0.3) is 0 Å². The Balaban J connectivity index is 2.03. The lowest BCUT2D eigenvalue weighted by Crippen LogP contribution is -1.97. The molecule has 0 unspecified atom stereocenters. The molecular weight excluding hydrogens is 360 g/mol. The van der Waals surface area contributed by atoms with Crippen LogP contribution in [-0.4, -0.2) is 13.9 Å². The topological polar surface area (TPSA) is 18.5 Å². The second-order valence-corrected chi connectivity index (χ2v) is 6.50. The third kappa shape index (κ3) is 4.79. The summed E-state index contributed by atoms with van der Waals surface area (Å²) in [4.78, 5) is 2.32. The van der Waals surface area contributed by atoms with Gasteiger partial charge in [-0.1, -0.05) is 45.4 Å². The van der Waals surface area contributed by atoms with E-state index >= 15 is 0 Å². The average molecular weight is 374 g/mol. The summed E-state index contributed by atoms with van der Waals surface area (Å²) in [7, 11) is 1.61. The molecule has 0 aliphatic carbocycles. The zero-order valence-corrected chi connectivity index (χ0v) is 14.1. The number of ether oxygens (including phenoxy) is 2. The second kappa shape index (κ2) is 8.05. The van der Waals surface area contributed by atoms with Gasteiger partial charge in [0.2, 0.25) is 0 Å². The maximum absolute atomic E-state index is 5.88. The quantitative estimate of drug-likeness (QED) is 0.500. The smallest absolute Gasteiger partial charge is 0.146 e. The zero-order chi connectivity index (χ0) is 14.4. The molecule has 0 amide bonds. The third-order valence-corrected chi connectivity index (χ3v) is 4.52. The Kier molecular flexibility index (Phi) is 6.39. The minimum atomic E-state index is 0.299. The van der Waals surface area contributed by atoms with Crippen molar-refractivity contribution in [3.63, 3.8) is 0 Å². The normalized spacial score (nSPS) is 10.8. The lowest BCUT2D eigenvalue weighted by Gasteiger charge is -2.08. The molecule has 0 saturated heterocycles. The van der Waals surface area contributed by atoms with Crippen LogP contribution in [0.15, 0.2) is 56.7 Å². The van der Waals surface area contributed by atoms with Crippen molar-refractivity contribution in [1.82, 2.24) is 0 Å². The van der Waals surface area contributed by atoms with Crippen molar-refractivity contribution in [3.8, 4) is 0 Å². The fraction of sp³-hybridized carbons (Fsp3) is 0.200. The SMILES string of the molecule is COCOCc1ccc(Sc2ccc(Cl)cc2)cc1Br. The predicted molar refractivity (Wildman–Crippen MR) is 86.4 cm³/mol. The van der Waals surface area contributed by atoms with E-state index in [1.165, 1.54) is 0 Å². The van der Waals surface area contributed by atoms with Crippen molar-refractivity contribution >= 4 is 39.3 Å². The van der Waals surface area contributed by atoms with Crippen LogP contribution < -0.4 is 0 Å². The van der Waals surface area contributed by atoms with Gasteiger partial charge < -0.3 is 9.47 Å². The van der Waals surface area contributed by atoms with Crippen molar-refractivity contribution < 1.29 is 9.47 Å². The molecule has 5 heteroatoms. The fourth-order valence-corrected chi connectivity index (χ4v) is 3.21. The number of methoxy groups -OCH3 is 1. The van der Waals surface area contributed by atoms with Crippen LogP contribution in [0.2, 0.25) is 5.02 Å². The first-order chi connectivity index (χ1) is 9.69. The van der Waals surface area contributed by atoms with Gasteiger partial charge in [0, 0.05) is 26.4 Å². The van der Waals surface area contributed by atoms with Gasteiger partial charge in [-0.15, -0.1) is 0 Å². The minimum absolute atomic E-state index is 0.299. The molecule has 0 aromatic heterocycles. The van der Waals surface area contributed by atoms with E-state index in [4.69, 9.17) is 21.1 Å². The predicted octanol–water partition coefficient (Wildman–Crippen LogP) is 5.37. The van der Waals surface area contributed by atoms with E-state index in [2.05, 4.69) is 34.1 Å². The Labute approximate surface area is 136 Å². The molecule has 0 radical (unpaired) electrons. The van der Waals surface area contributed by atoms with Crippen LogP contribution in [0.25, 0.3) is 0 Å². The number of hydrogen-bond acceptors (Lipinski definition) is 3. The molecular formula is C15H14BrClO2S. The molecule has 0 saturated carbocycles.